The Morgan fingerprint density at radius 2 is 1.92 bits per heavy atom. The summed E-state index contributed by atoms with van der Waals surface area (Å²) < 4.78 is 0. The smallest absolute Gasteiger partial charge is 0.0579 e. The molecule has 0 saturated heterocycles. The van der Waals surface area contributed by atoms with Gasteiger partial charge in [-0.15, -0.1) is 0 Å². The van der Waals surface area contributed by atoms with E-state index in [0.717, 1.165) is 6.54 Å². The van der Waals surface area contributed by atoms with Crippen LogP contribution in [-0.4, -0.2) is 12.6 Å². The maximum atomic E-state index is 3.45. The Balaban J connectivity index is 2.18. The van der Waals surface area contributed by atoms with Crippen LogP contribution in [0.15, 0.2) is 0 Å². The molecule has 0 aromatic rings. The van der Waals surface area contributed by atoms with Gasteiger partial charge in [0.2, 0.25) is 0 Å². The Morgan fingerprint density at radius 3 is 2.31 bits per heavy atom. The topological polar surface area (TPSA) is 12.0 Å². The Hall–Kier alpha value is -0.480. The van der Waals surface area contributed by atoms with Gasteiger partial charge in [0, 0.05) is 11.5 Å². The van der Waals surface area contributed by atoms with Gasteiger partial charge in [-0.25, -0.2) is 0 Å². The van der Waals surface area contributed by atoms with Crippen LogP contribution in [-0.2, 0) is 0 Å². The standard InChI is InChI=1S/C12H21N/c1-11(2,3)7-6-8-13-10-9-12(10,4)5/h10,13H,8-9H2,1-5H3. The molecule has 1 nitrogen and oxygen atoms in total. The number of hydrogen-bond acceptors (Lipinski definition) is 1. The first-order valence-electron chi connectivity index (χ1n) is 5.05. The molecule has 1 aliphatic rings. The SMILES string of the molecule is CC(C)(C)C#CCNC1CC1(C)C. The van der Waals surface area contributed by atoms with Gasteiger partial charge in [-0.2, -0.15) is 0 Å². The molecule has 1 saturated carbocycles. The minimum atomic E-state index is 0.140. The second-order valence-electron chi connectivity index (χ2n) is 5.68. The van der Waals surface area contributed by atoms with E-state index in [1.807, 2.05) is 0 Å². The minimum absolute atomic E-state index is 0.140. The summed E-state index contributed by atoms with van der Waals surface area (Å²) in [7, 11) is 0. The van der Waals surface area contributed by atoms with Crippen LogP contribution in [0.1, 0.15) is 41.0 Å². The van der Waals surface area contributed by atoms with Crippen LogP contribution in [0.4, 0.5) is 0 Å². The third kappa shape index (κ3) is 3.83. The highest BCUT2D eigenvalue weighted by molar-refractivity contribution is 5.10. The summed E-state index contributed by atoms with van der Waals surface area (Å²) >= 11 is 0. The van der Waals surface area contributed by atoms with Crippen molar-refractivity contribution in [2.24, 2.45) is 10.8 Å². The van der Waals surface area contributed by atoms with E-state index < -0.39 is 0 Å². The molecule has 0 aromatic heterocycles. The van der Waals surface area contributed by atoms with E-state index in [-0.39, 0.29) is 5.41 Å². The first-order chi connectivity index (χ1) is 5.81. The maximum Gasteiger partial charge on any atom is 0.0579 e. The first-order valence-corrected chi connectivity index (χ1v) is 5.05. The molecule has 0 amide bonds. The molecule has 0 radical (unpaired) electrons. The molecule has 74 valence electrons. The molecule has 0 aliphatic heterocycles. The summed E-state index contributed by atoms with van der Waals surface area (Å²) in [5, 5.41) is 3.45. The normalized spacial score (nSPS) is 24.8. The van der Waals surface area contributed by atoms with Gasteiger partial charge < -0.3 is 5.32 Å². The first kappa shape index (κ1) is 10.6. The van der Waals surface area contributed by atoms with E-state index in [1.165, 1.54) is 6.42 Å². The van der Waals surface area contributed by atoms with Gasteiger partial charge in [-0.1, -0.05) is 25.7 Å². The fourth-order valence-electron chi connectivity index (χ4n) is 1.30. The molecule has 1 N–H and O–H groups in total. The van der Waals surface area contributed by atoms with Crippen molar-refractivity contribution in [2.75, 3.05) is 6.54 Å². The van der Waals surface area contributed by atoms with E-state index >= 15 is 0 Å². The Morgan fingerprint density at radius 1 is 1.38 bits per heavy atom. The van der Waals surface area contributed by atoms with Crippen molar-refractivity contribution in [3.63, 3.8) is 0 Å². The third-order valence-electron chi connectivity index (χ3n) is 2.41. The number of nitrogens with one attached hydrogen (secondary N) is 1. The second-order valence-corrected chi connectivity index (χ2v) is 5.68. The highest BCUT2D eigenvalue weighted by Gasteiger charge is 2.44. The molecule has 1 heteroatoms. The van der Waals surface area contributed by atoms with Gasteiger partial charge in [0.25, 0.3) is 0 Å². The number of rotatable bonds is 2. The van der Waals surface area contributed by atoms with E-state index in [2.05, 4.69) is 51.8 Å². The molecule has 0 spiro atoms. The van der Waals surface area contributed by atoms with Crippen LogP contribution in [0.3, 0.4) is 0 Å². The molecule has 1 aliphatic carbocycles. The Bertz CT molecular complexity index is 234. The zero-order valence-corrected chi connectivity index (χ0v) is 9.49. The van der Waals surface area contributed by atoms with Gasteiger partial charge >= 0.3 is 0 Å². The summed E-state index contributed by atoms with van der Waals surface area (Å²) in [6.07, 6.45) is 1.30. The molecule has 0 bridgehead atoms. The van der Waals surface area contributed by atoms with Crippen molar-refractivity contribution in [1.82, 2.24) is 5.32 Å². The minimum Gasteiger partial charge on any atom is -0.303 e. The van der Waals surface area contributed by atoms with Gasteiger partial charge in [0.15, 0.2) is 0 Å². The van der Waals surface area contributed by atoms with Crippen molar-refractivity contribution in [3.8, 4) is 11.8 Å². The maximum absolute atomic E-state index is 3.45. The largest absolute Gasteiger partial charge is 0.303 e. The summed E-state index contributed by atoms with van der Waals surface area (Å²) in [4.78, 5) is 0. The predicted molar refractivity (Wildman–Crippen MR) is 57.4 cm³/mol. The summed E-state index contributed by atoms with van der Waals surface area (Å²) in [6.45, 7) is 11.8. The van der Waals surface area contributed by atoms with Crippen LogP contribution in [0.2, 0.25) is 0 Å². The fraction of sp³-hybridized carbons (Fsp3) is 0.833. The molecular formula is C12H21N. The summed E-state index contributed by atoms with van der Waals surface area (Å²) in [6, 6.07) is 0.696. The molecule has 1 unspecified atom stereocenters. The van der Waals surface area contributed by atoms with E-state index in [1.54, 1.807) is 0 Å². The van der Waals surface area contributed by atoms with Gasteiger partial charge in [0.05, 0.1) is 6.54 Å². The summed E-state index contributed by atoms with van der Waals surface area (Å²) in [5.74, 6) is 6.39. The third-order valence-corrected chi connectivity index (χ3v) is 2.41. The van der Waals surface area contributed by atoms with E-state index in [9.17, 15) is 0 Å². The van der Waals surface area contributed by atoms with Crippen LogP contribution in [0.25, 0.3) is 0 Å². The van der Waals surface area contributed by atoms with Crippen LogP contribution in [0.5, 0.6) is 0 Å². The van der Waals surface area contributed by atoms with Crippen molar-refractivity contribution in [2.45, 2.75) is 47.1 Å². The average molecular weight is 179 g/mol. The molecule has 1 rings (SSSR count). The van der Waals surface area contributed by atoms with Crippen molar-refractivity contribution < 1.29 is 0 Å². The monoisotopic (exact) mass is 179 g/mol. The molecule has 13 heavy (non-hydrogen) atoms. The zero-order valence-electron chi connectivity index (χ0n) is 9.49. The average Bonchev–Trinajstić information content (AvgIpc) is 2.50. The lowest BCUT2D eigenvalue weighted by atomic mass is 9.98. The van der Waals surface area contributed by atoms with Crippen molar-refractivity contribution in [3.05, 3.63) is 0 Å². The lowest BCUT2D eigenvalue weighted by molar-refractivity contribution is 0.559. The van der Waals surface area contributed by atoms with Crippen LogP contribution in [0, 0.1) is 22.7 Å². The second kappa shape index (κ2) is 3.35. The summed E-state index contributed by atoms with van der Waals surface area (Å²) in [5.41, 5.74) is 0.657. The van der Waals surface area contributed by atoms with Crippen LogP contribution < -0.4 is 5.32 Å². The Kier molecular flexibility index (Phi) is 2.73. The quantitative estimate of drug-likeness (QED) is 0.642. The fourth-order valence-corrected chi connectivity index (χ4v) is 1.30. The van der Waals surface area contributed by atoms with E-state index in [0.29, 0.717) is 11.5 Å². The lowest BCUT2D eigenvalue weighted by Gasteiger charge is -2.07. The number of hydrogen-bond donors (Lipinski definition) is 1. The highest BCUT2D eigenvalue weighted by atomic mass is 15.0. The van der Waals surface area contributed by atoms with Gasteiger partial charge in [-0.3, -0.25) is 0 Å². The highest BCUT2D eigenvalue weighted by Crippen LogP contribution is 2.44. The van der Waals surface area contributed by atoms with Gasteiger partial charge in [-0.05, 0) is 32.6 Å². The predicted octanol–water partition coefficient (Wildman–Crippen LogP) is 2.42. The van der Waals surface area contributed by atoms with Crippen molar-refractivity contribution >= 4 is 0 Å². The van der Waals surface area contributed by atoms with Gasteiger partial charge in [0.1, 0.15) is 0 Å². The van der Waals surface area contributed by atoms with Crippen LogP contribution >= 0.6 is 0 Å². The molecule has 1 fully saturated rings. The molecule has 0 aromatic carbocycles. The zero-order chi connectivity index (χ0) is 10.1. The molecular weight excluding hydrogens is 158 g/mol. The Labute approximate surface area is 82.3 Å². The lowest BCUT2D eigenvalue weighted by Crippen LogP contribution is -2.20. The van der Waals surface area contributed by atoms with Crippen molar-refractivity contribution in [1.29, 1.82) is 0 Å². The molecule has 0 heterocycles. The molecule has 1 atom stereocenters. The van der Waals surface area contributed by atoms with E-state index in [4.69, 9.17) is 0 Å².